The summed E-state index contributed by atoms with van der Waals surface area (Å²) >= 11 is 3.49. The monoisotopic (exact) mass is 433 g/mol. The number of hydrogen-bond acceptors (Lipinski definition) is 3. The zero-order valence-corrected chi connectivity index (χ0v) is 18.2. The molecule has 2 aromatic carbocycles. The van der Waals surface area contributed by atoms with E-state index < -0.39 is 0 Å². The minimum atomic E-state index is -0.200. The fraction of sp³-hybridized carbons (Fsp3) is 0.409. The summed E-state index contributed by atoms with van der Waals surface area (Å²) in [6.07, 6.45) is 0. The lowest BCUT2D eigenvalue weighted by molar-refractivity contribution is -0.118. The van der Waals surface area contributed by atoms with Crippen LogP contribution in [0.3, 0.4) is 0 Å². The van der Waals surface area contributed by atoms with Crippen molar-refractivity contribution in [1.29, 1.82) is 0 Å². The Labute approximate surface area is 170 Å². The smallest absolute Gasteiger partial charge is 0.262 e. The third-order valence-corrected chi connectivity index (χ3v) is 4.32. The first kappa shape index (κ1) is 21.3. The van der Waals surface area contributed by atoms with Crippen LogP contribution >= 0.6 is 15.9 Å². The van der Waals surface area contributed by atoms with Crippen molar-refractivity contribution in [3.63, 3.8) is 0 Å². The molecule has 0 radical (unpaired) electrons. The number of hydrogen-bond donors (Lipinski definition) is 1. The molecule has 0 unspecified atom stereocenters. The minimum Gasteiger partial charge on any atom is -0.493 e. The number of carbonyl (C=O) groups excluding carboxylic acids is 1. The van der Waals surface area contributed by atoms with Crippen LogP contribution in [0.5, 0.6) is 11.5 Å². The summed E-state index contributed by atoms with van der Waals surface area (Å²) in [5.74, 6) is 1.78. The average molecular weight is 434 g/mol. The first-order chi connectivity index (χ1) is 12.6. The molecule has 0 aromatic heterocycles. The van der Waals surface area contributed by atoms with Crippen LogP contribution in [-0.4, -0.2) is 19.1 Å². The molecule has 27 heavy (non-hydrogen) atoms. The van der Waals surface area contributed by atoms with Crippen LogP contribution < -0.4 is 14.8 Å². The normalized spacial score (nSPS) is 11.4. The van der Waals surface area contributed by atoms with Gasteiger partial charge in [-0.15, -0.1) is 0 Å². The number of nitrogens with one attached hydrogen (secondary N) is 1. The molecular weight excluding hydrogens is 406 g/mol. The number of carbonyl (C=O) groups is 1. The maximum atomic E-state index is 12.2. The summed E-state index contributed by atoms with van der Waals surface area (Å²) < 4.78 is 12.4. The number of anilines is 1. The van der Waals surface area contributed by atoms with Gasteiger partial charge in [-0.1, -0.05) is 50.5 Å². The van der Waals surface area contributed by atoms with Gasteiger partial charge >= 0.3 is 0 Å². The lowest BCUT2D eigenvalue weighted by Crippen LogP contribution is -2.22. The minimum absolute atomic E-state index is 0.0453. The maximum Gasteiger partial charge on any atom is 0.262 e. The van der Waals surface area contributed by atoms with Gasteiger partial charge in [-0.05, 0) is 53.8 Å². The summed E-state index contributed by atoms with van der Waals surface area (Å²) in [5, 5.41) is 2.85. The summed E-state index contributed by atoms with van der Waals surface area (Å²) in [4.78, 5) is 12.2. The van der Waals surface area contributed by atoms with E-state index >= 15 is 0 Å². The lowest BCUT2D eigenvalue weighted by Gasteiger charge is -2.23. The van der Waals surface area contributed by atoms with Crippen molar-refractivity contribution < 1.29 is 14.3 Å². The number of benzene rings is 2. The maximum absolute atomic E-state index is 12.2. The van der Waals surface area contributed by atoms with E-state index in [-0.39, 0.29) is 17.9 Å². The molecule has 1 amide bonds. The van der Waals surface area contributed by atoms with E-state index in [1.165, 1.54) is 0 Å². The van der Waals surface area contributed by atoms with Crippen LogP contribution in [0.1, 0.15) is 40.2 Å². The van der Waals surface area contributed by atoms with Crippen molar-refractivity contribution in [3.05, 3.63) is 52.5 Å². The van der Waals surface area contributed by atoms with Gasteiger partial charge in [0.25, 0.3) is 5.91 Å². The molecule has 4 nitrogen and oxygen atoms in total. The second-order valence-electron chi connectivity index (χ2n) is 7.96. The van der Waals surface area contributed by atoms with Crippen LogP contribution in [0.15, 0.2) is 46.9 Å². The molecule has 0 heterocycles. The fourth-order valence-electron chi connectivity index (χ4n) is 2.45. The topological polar surface area (TPSA) is 47.6 Å². The molecule has 2 aromatic rings. The summed E-state index contributed by atoms with van der Waals surface area (Å²) in [6, 6.07) is 13.2. The molecule has 0 bridgehead atoms. The Bertz CT molecular complexity index is 764. The molecule has 0 atom stereocenters. The molecule has 0 fully saturated rings. The van der Waals surface area contributed by atoms with Crippen LogP contribution in [-0.2, 0) is 10.2 Å². The van der Waals surface area contributed by atoms with Gasteiger partial charge in [0.2, 0.25) is 0 Å². The Kier molecular flexibility index (Phi) is 7.31. The summed E-state index contributed by atoms with van der Waals surface area (Å²) in [6.45, 7) is 11.2. The zero-order valence-electron chi connectivity index (χ0n) is 16.6. The van der Waals surface area contributed by atoms with Gasteiger partial charge in [-0.3, -0.25) is 4.79 Å². The zero-order chi connectivity index (χ0) is 20.0. The summed E-state index contributed by atoms with van der Waals surface area (Å²) in [7, 11) is 0. The predicted octanol–water partition coefficient (Wildman–Crippen LogP) is 5.80. The van der Waals surface area contributed by atoms with Crippen LogP contribution in [0.2, 0.25) is 0 Å². The van der Waals surface area contributed by atoms with Crippen molar-refractivity contribution in [2.45, 2.75) is 40.0 Å². The molecule has 0 aliphatic carbocycles. The van der Waals surface area contributed by atoms with E-state index in [1.807, 2.05) is 42.5 Å². The Hall–Kier alpha value is -2.01. The van der Waals surface area contributed by atoms with Crippen LogP contribution in [0.4, 0.5) is 5.69 Å². The Morgan fingerprint density at radius 3 is 2.33 bits per heavy atom. The number of halogens is 1. The second-order valence-corrected chi connectivity index (χ2v) is 8.87. The van der Waals surface area contributed by atoms with E-state index in [2.05, 4.69) is 55.9 Å². The number of rotatable bonds is 7. The van der Waals surface area contributed by atoms with Gasteiger partial charge in [0.1, 0.15) is 11.5 Å². The van der Waals surface area contributed by atoms with Gasteiger partial charge in [0, 0.05) is 15.7 Å². The highest BCUT2D eigenvalue weighted by Gasteiger charge is 2.20. The van der Waals surface area contributed by atoms with Gasteiger partial charge in [-0.2, -0.15) is 0 Å². The van der Waals surface area contributed by atoms with Gasteiger partial charge in [0.15, 0.2) is 6.61 Å². The number of ether oxygens (including phenoxy) is 2. The molecular formula is C22H28BrNO3. The molecule has 0 spiro atoms. The first-order valence-electron chi connectivity index (χ1n) is 9.10. The molecule has 1 N–H and O–H groups in total. The standard InChI is InChI=1S/C22H28BrNO3/c1-15(2)13-26-18-9-7-17(8-10-18)24-21(25)14-27-20-11-6-16(23)12-19(20)22(3,4)5/h6-12,15H,13-14H2,1-5H3,(H,24,25). The highest BCUT2D eigenvalue weighted by Crippen LogP contribution is 2.33. The lowest BCUT2D eigenvalue weighted by atomic mass is 9.86. The van der Waals surface area contributed by atoms with Crippen molar-refractivity contribution >= 4 is 27.5 Å². The molecule has 0 saturated carbocycles. The second kappa shape index (κ2) is 9.27. The third kappa shape index (κ3) is 6.90. The average Bonchev–Trinajstić information content (AvgIpc) is 2.59. The Balaban J connectivity index is 1.93. The molecule has 0 aliphatic rings. The molecule has 0 aliphatic heterocycles. The van der Waals surface area contributed by atoms with E-state index in [0.717, 1.165) is 21.5 Å². The van der Waals surface area contributed by atoms with Crippen LogP contribution in [0.25, 0.3) is 0 Å². The fourth-order valence-corrected chi connectivity index (χ4v) is 2.81. The largest absolute Gasteiger partial charge is 0.493 e. The molecule has 2 rings (SSSR count). The third-order valence-electron chi connectivity index (χ3n) is 3.83. The highest BCUT2D eigenvalue weighted by molar-refractivity contribution is 9.10. The molecule has 5 heteroatoms. The SMILES string of the molecule is CC(C)COc1ccc(NC(=O)COc2ccc(Br)cc2C(C)(C)C)cc1. The van der Waals surface area contributed by atoms with Crippen molar-refractivity contribution in [2.24, 2.45) is 5.92 Å². The number of amides is 1. The summed E-state index contributed by atoms with van der Waals surface area (Å²) in [5.41, 5.74) is 1.69. The van der Waals surface area contributed by atoms with E-state index in [1.54, 1.807) is 0 Å². The molecule has 146 valence electrons. The van der Waals surface area contributed by atoms with Gasteiger partial charge in [0.05, 0.1) is 6.61 Å². The van der Waals surface area contributed by atoms with Crippen molar-refractivity contribution in [2.75, 3.05) is 18.5 Å². The van der Waals surface area contributed by atoms with Crippen LogP contribution in [0, 0.1) is 5.92 Å². The van der Waals surface area contributed by atoms with Crippen molar-refractivity contribution in [3.8, 4) is 11.5 Å². The van der Waals surface area contributed by atoms with Gasteiger partial charge < -0.3 is 14.8 Å². The predicted molar refractivity (Wildman–Crippen MR) is 114 cm³/mol. The Morgan fingerprint density at radius 2 is 1.74 bits per heavy atom. The Morgan fingerprint density at radius 1 is 1.07 bits per heavy atom. The van der Waals surface area contributed by atoms with E-state index in [4.69, 9.17) is 9.47 Å². The first-order valence-corrected chi connectivity index (χ1v) is 9.90. The van der Waals surface area contributed by atoms with Crippen molar-refractivity contribution in [1.82, 2.24) is 0 Å². The highest BCUT2D eigenvalue weighted by atomic mass is 79.9. The van der Waals surface area contributed by atoms with E-state index in [9.17, 15) is 4.79 Å². The quantitative estimate of drug-likeness (QED) is 0.599. The van der Waals surface area contributed by atoms with E-state index in [0.29, 0.717) is 18.2 Å². The van der Waals surface area contributed by atoms with Gasteiger partial charge in [-0.25, -0.2) is 0 Å². The molecule has 0 saturated heterocycles.